The number of fused-ring (bicyclic) bond motifs is 1. The van der Waals surface area contributed by atoms with Crippen molar-refractivity contribution in [3.63, 3.8) is 0 Å². The van der Waals surface area contributed by atoms with E-state index in [1.165, 1.54) is 6.33 Å². The molecule has 0 aliphatic heterocycles. The second-order valence-electron chi connectivity index (χ2n) is 5.25. The molecule has 6 nitrogen and oxygen atoms in total. The molecule has 1 amide bonds. The fourth-order valence-corrected chi connectivity index (χ4v) is 2.45. The highest BCUT2D eigenvalue weighted by molar-refractivity contribution is 5.96. The number of nitrogens with one attached hydrogen (secondary N) is 1. The van der Waals surface area contributed by atoms with Gasteiger partial charge >= 0.3 is 0 Å². The maximum absolute atomic E-state index is 12.2. The normalized spacial score (nSPS) is 11.4. The zero-order valence-electron chi connectivity index (χ0n) is 13.1. The Bertz CT molecular complexity index is 834. The minimum atomic E-state index is -0.103. The van der Waals surface area contributed by atoms with Crippen molar-refractivity contribution >= 4 is 23.0 Å². The molecule has 0 aliphatic carbocycles. The third-order valence-electron chi connectivity index (χ3n) is 3.65. The Morgan fingerprint density at radius 3 is 2.96 bits per heavy atom. The molecular weight excluding hydrogens is 292 g/mol. The zero-order chi connectivity index (χ0) is 16.2. The van der Waals surface area contributed by atoms with Crippen LogP contribution >= 0.6 is 0 Å². The number of hydrogen-bond donors (Lipinski definition) is 1. The molecule has 1 aromatic carbocycles. The summed E-state index contributed by atoms with van der Waals surface area (Å²) in [5.41, 5.74) is 1.80. The topological polar surface area (TPSA) is 75.0 Å². The molecule has 23 heavy (non-hydrogen) atoms. The molecule has 0 atom stereocenters. The first-order valence-electron chi connectivity index (χ1n) is 7.47. The van der Waals surface area contributed by atoms with Crippen LogP contribution in [0.5, 0.6) is 0 Å². The summed E-state index contributed by atoms with van der Waals surface area (Å²) in [4.78, 5) is 17.8. The van der Waals surface area contributed by atoms with Crippen LogP contribution in [0.1, 0.15) is 24.1 Å². The summed E-state index contributed by atoms with van der Waals surface area (Å²) < 4.78 is 5.83. The number of para-hydroxylation sites is 1. The standard InChI is InChI=1S/C17H18N4O2/c1-3-14-13(12-6-4-5-7-15(12)23-14)8-9-17(22)21(2)10-16-18-11-19-20-16/h4-9,11H,3,10H2,1-2H3,(H,18,19,20). The van der Waals surface area contributed by atoms with Gasteiger partial charge in [-0.05, 0) is 12.1 Å². The highest BCUT2D eigenvalue weighted by atomic mass is 16.3. The van der Waals surface area contributed by atoms with Gasteiger partial charge in [-0.1, -0.05) is 25.1 Å². The molecule has 0 saturated carbocycles. The van der Waals surface area contributed by atoms with Crippen LogP contribution < -0.4 is 0 Å². The van der Waals surface area contributed by atoms with E-state index in [4.69, 9.17) is 4.42 Å². The number of aryl methyl sites for hydroxylation is 1. The van der Waals surface area contributed by atoms with E-state index in [-0.39, 0.29) is 5.91 Å². The molecule has 2 heterocycles. The Labute approximate surface area is 133 Å². The molecule has 6 heteroatoms. The first-order valence-corrected chi connectivity index (χ1v) is 7.47. The Kier molecular flexibility index (Phi) is 4.23. The lowest BCUT2D eigenvalue weighted by molar-refractivity contribution is -0.125. The number of carbonyl (C=O) groups excluding carboxylic acids is 1. The summed E-state index contributed by atoms with van der Waals surface area (Å²) in [5, 5.41) is 7.53. The molecule has 0 aliphatic rings. The van der Waals surface area contributed by atoms with Gasteiger partial charge in [0.15, 0.2) is 0 Å². The van der Waals surface area contributed by atoms with Gasteiger partial charge < -0.3 is 9.32 Å². The number of carbonyl (C=O) groups is 1. The van der Waals surface area contributed by atoms with Gasteiger partial charge in [0.05, 0.1) is 6.54 Å². The number of likely N-dealkylation sites (N-methyl/N-ethyl adjacent to an activating group) is 1. The summed E-state index contributed by atoms with van der Waals surface area (Å²) in [6, 6.07) is 7.84. The van der Waals surface area contributed by atoms with Crippen LogP contribution in [-0.4, -0.2) is 33.0 Å². The molecular formula is C17H18N4O2. The van der Waals surface area contributed by atoms with Crippen LogP contribution in [0.25, 0.3) is 17.0 Å². The van der Waals surface area contributed by atoms with Crippen molar-refractivity contribution in [2.24, 2.45) is 0 Å². The van der Waals surface area contributed by atoms with Crippen LogP contribution in [0, 0.1) is 0 Å². The number of hydrogen-bond acceptors (Lipinski definition) is 4. The van der Waals surface area contributed by atoms with Crippen LogP contribution in [0.3, 0.4) is 0 Å². The fraction of sp³-hybridized carbons (Fsp3) is 0.235. The van der Waals surface area contributed by atoms with Crippen LogP contribution in [0.4, 0.5) is 0 Å². The van der Waals surface area contributed by atoms with Gasteiger partial charge in [-0.3, -0.25) is 9.89 Å². The first-order chi connectivity index (χ1) is 11.2. The third-order valence-corrected chi connectivity index (χ3v) is 3.65. The SMILES string of the molecule is CCc1oc2ccccc2c1C=CC(=O)N(C)Cc1ncn[nH]1. The third kappa shape index (κ3) is 3.15. The van der Waals surface area contributed by atoms with Gasteiger partial charge in [-0.15, -0.1) is 0 Å². The van der Waals surface area contributed by atoms with E-state index >= 15 is 0 Å². The van der Waals surface area contributed by atoms with Crippen molar-refractivity contribution < 1.29 is 9.21 Å². The molecule has 0 spiro atoms. The molecule has 0 radical (unpaired) electrons. The van der Waals surface area contributed by atoms with E-state index in [1.54, 1.807) is 18.0 Å². The van der Waals surface area contributed by atoms with Gasteiger partial charge in [0, 0.05) is 30.5 Å². The van der Waals surface area contributed by atoms with Crippen molar-refractivity contribution in [1.29, 1.82) is 0 Å². The van der Waals surface area contributed by atoms with Crippen molar-refractivity contribution in [3.05, 3.63) is 53.8 Å². The maximum atomic E-state index is 12.2. The quantitative estimate of drug-likeness (QED) is 0.735. The van der Waals surface area contributed by atoms with E-state index in [0.29, 0.717) is 12.4 Å². The van der Waals surface area contributed by atoms with Gasteiger partial charge in [0.2, 0.25) is 5.91 Å². The second-order valence-corrected chi connectivity index (χ2v) is 5.25. The monoisotopic (exact) mass is 310 g/mol. The molecule has 0 unspecified atom stereocenters. The molecule has 0 fully saturated rings. The first kappa shape index (κ1) is 15.0. The van der Waals surface area contributed by atoms with Crippen LogP contribution in [0.2, 0.25) is 0 Å². The number of nitrogens with zero attached hydrogens (tertiary/aromatic N) is 3. The van der Waals surface area contributed by atoms with Crippen molar-refractivity contribution in [2.75, 3.05) is 7.05 Å². The molecule has 118 valence electrons. The summed E-state index contributed by atoms with van der Waals surface area (Å²) in [7, 11) is 1.73. The highest BCUT2D eigenvalue weighted by Crippen LogP contribution is 2.27. The lowest BCUT2D eigenvalue weighted by Gasteiger charge is -2.12. The average molecular weight is 310 g/mol. The molecule has 3 aromatic rings. The number of amides is 1. The smallest absolute Gasteiger partial charge is 0.246 e. The highest BCUT2D eigenvalue weighted by Gasteiger charge is 2.12. The van der Waals surface area contributed by atoms with Crippen molar-refractivity contribution in [1.82, 2.24) is 20.1 Å². The van der Waals surface area contributed by atoms with Gasteiger partial charge in [-0.25, -0.2) is 4.98 Å². The maximum Gasteiger partial charge on any atom is 0.246 e. The number of benzene rings is 1. The summed E-state index contributed by atoms with van der Waals surface area (Å²) in [5.74, 6) is 1.43. The van der Waals surface area contributed by atoms with E-state index in [1.807, 2.05) is 37.3 Å². The average Bonchev–Trinajstić information content (AvgIpc) is 3.19. The minimum absolute atomic E-state index is 0.103. The molecule has 3 rings (SSSR count). The molecule has 0 bridgehead atoms. The Morgan fingerprint density at radius 1 is 1.39 bits per heavy atom. The van der Waals surface area contributed by atoms with Crippen molar-refractivity contribution in [3.8, 4) is 0 Å². The fourth-order valence-electron chi connectivity index (χ4n) is 2.45. The number of rotatable bonds is 5. The molecule has 1 N–H and O–H groups in total. The predicted molar refractivity (Wildman–Crippen MR) is 87.5 cm³/mol. The Morgan fingerprint density at radius 2 is 2.22 bits per heavy atom. The summed E-state index contributed by atoms with van der Waals surface area (Å²) >= 11 is 0. The van der Waals surface area contributed by atoms with Crippen LogP contribution in [0.15, 0.2) is 41.1 Å². The minimum Gasteiger partial charge on any atom is -0.460 e. The number of aromatic amines is 1. The van der Waals surface area contributed by atoms with E-state index in [9.17, 15) is 4.79 Å². The van der Waals surface area contributed by atoms with Crippen LogP contribution in [-0.2, 0) is 17.8 Å². The largest absolute Gasteiger partial charge is 0.460 e. The second kappa shape index (κ2) is 6.48. The number of furan rings is 1. The van der Waals surface area contributed by atoms with Gasteiger partial charge in [0.1, 0.15) is 23.5 Å². The van der Waals surface area contributed by atoms with Crippen molar-refractivity contribution in [2.45, 2.75) is 19.9 Å². The summed E-state index contributed by atoms with van der Waals surface area (Å²) in [6.45, 7) is 2.42. The number of aromatic nitrogens is 3. The zero-order valence-corrected chi connectivity index (χ0v) is 13.1. The van der Waals surface area contributed by atoms with Gasteiger partial charge in [0.25, 0.3) is 0 Å². The number of H-pyrrole nitrogens is 1. The molecule has 0 saturated heterocycles. The predicted octanol–water partition coefficient (Wildman–Crippen LogP) is 2.79. The summed E-state index contributed by atoms with van der Waals surface area (Å²) in [6.07, 6.45) is 5.59. The van der Waals surface area contributed by atoms with E-state index in [2.05, 4.69) is 15.2 Å². The molecule has 2 aromatic heterocycles. The Hall–Kier alpha value is -2.89. The van der Waals surface area contributed by atoms with E-state index < -0.39 is 0 Å². The van der Waals surface area contributed by atoms with E-state index in [0.717, 1.165) is 28.7 Å². The van der Waals surface area contributed by atoms with Gasteiger partial charge in [-0.2, -0.15) is 5.10 Å². The lowest BCUT2D eigenvalue weighted by atomic mass is 10.1. The lowest BCUT2D eigenvalue weighted by Crippen LogP contribution is -2.24. The Balaban J connectivity index is 1.80.